The molecule has 0 aromatic heterocycles. The van der Waals surface area contributed by atoms with E-state index in [0.29, 0.717) is 31.9 Å². The van der Waals surface area contributed by atoms with Gasteiger partial charge < -0.3 is 9.64 Å². The molecule has 1 aromatic carbocycles. The zero-order chi connectivity index (χ0) is 18.2. The summed E-state index contributed by atoms with van der Waals surface area (Å²) < 4.78 is 32.4. The number of hydrogen-bond acceptors (Lipinski definition) is 4. The predicted molar refractivity (Wildman–Crippen MR) is 95.1 cm³/mol. The molecule has 0 radical (unpaired) electrons. The molecule has 2 aliphatic rings. The zero-order valence-corrected chi connectivity index (χ0v) is 15.9. The topological polar surface area (TPSA) is 66.9 Å². The van der Waals surface area contributed by atoms with E-state index in [1.54, 1.807) is 18.2 Å². The van der Waals surface area contributed by atoms with E-state index in [9.17, 15) is 13.2 Å². The van der Waals surface area contributed by atoms with Gasteiger partial charge in [-0.3, -0.25) is 4.79 Å². The van der Waals surface area contributed by atoms with Gasteiger partial charge in [-0.05, 0) is 51.3 Å². The first kappa shape index (κ1) is 18.4. The molecule has 1 saturated carbocycles. The van der Waals surface area contributed by atoms with Crippen LogP contribution in [-0.4, -0.2) is 61.9 Å². The number of nitrogens with zero attached hydrogens (tertiary/aromatic N) is 2. The molecule has 6 nitrogen and oxygen atoms in total. The van der Waals surface area contributed by atoms with E-state index in [4.69, 9.17) is 4.74 Å². The summed E-state index contributed by atoms with van der Waals surface area (Å²) in [5.74, 6) is -0.0750. The van der Waals surface area contributed by atoms with E-state index in [2.05, 4.69) is 0 Å². The van der Waals surface area contributed by atoms with Crippen LogP contribution in [0.3, 0.4) is 0 Å². The number of sulfonamides is 1. The van der Waals surface area contributed by atoms with Crippen molar-refractivity contribution < 1.29 is 17.9 Å². The summed E-state index contributed by atoms with van der Waals surface area (Å²) in [4.78, 5) is 15.1. The smallest absolute Gasteiger partial charge is 0.254 e. The van der Waals surface area contributed by atoms with Gasteiger partial charge in [0.25, 0.3) is 5.91 Å². The summed E-state index contributed by atoms with van der Waals surface area (Å²) in [6, 6.07) is 5.24. The van der Waals surface area contributed by atoms with Crippen LogP contribution in [0.15, 0.2) is 23.1 Å². The van der Waals surface area contributed by atoms with E-state index >= 15 is 0 Å². The van der Waals surface area contributed by atoms with Crippen LogP contribution in [0.4, 0.5) is 0 Å². The molecule has 1 aliphatic heterocycles. The lowest BCUT2D eigenvalue weighted by Crippen LogP contribution is -2.41. The second-order valence-corrected chi connectivity index (χ2v) is 8.97. The third-order valence-corrected chi connectivity index (χ3v) is 6.67. The summed E-state index contributed by atoms with van der Waals surface area (Å²) in [6.07, 6.45) is 2.05. The summed E-state index contributed by atoms with van der Waals surface area (Å²) in [6.45, 7) is 7.35. The van der Waals surface area contributed by atoms with Gasteiger partial charge in [0.05, 0.1) is 18.1 Å². The molecule has 0 bridgehead atoms. The van der Waals surface area contributed by atoms with Crippen molar-refractivity contribution >= 4 is 15.9 Å². The molecule has 0 atom stereocenters. The molecule has 0 unspecified atom stereocenters. The summed E-state index contributed by atoms with van der Waals surface area (Å²) in [5.41, 5.74) is 1.28. The largest absolute Gasteiger partial charge is 0.379 e. The van der Waals surface area contributed by atoms with Crippen LogP contribution in [0.2, 0.25) is 0 Å². The Morgan fingerprint density at radius 1 is 1.24 bits per heavy atom. The van der Waals surface area contributed by atoms with Gasteiger partial charge in [-0.25, -0.2) is 8.42 Å². The fraction of sp³-hybridized carbons (Fsp3) is 0.611. The van der Waals surface area contributed by atoms with Crippen molar-refractivity contribution in [3.63, 3.8) is 0 Å². The van der Waals surface area contributed by atoms with Gasteiger partial charge in [-0.1, -0.05) is 6.07 Å². The lowest BCUT2D eigenvalue weighted by Gasteiger charge is -2.28. The number of hydrogen-bond donors (Lipinski definition) is 0. The van der Waals surface area contributed by atoms with Crippen LogP contribution < -0.4 is 0 Å². The lowest BCUT2D eigenvalue weighted by atomic mass is 10.1. The third kappa shape index (κ3) is 3.73. The molecular weight excluding hydrogens is 340 g/mol. The van der Waals surface area contributed by atoms with E-state index in [1.165, 1.54) is 4.31 Å². The zero-order valence-electron chi connectivity index (χ0n) is 15.1. The summed E-state index contributed by atoms with van der Waals surface area (Å²) in [7, 11) is -3.60. The van der Waals surface area contributed by atoms with E-state index < -0.39 is 10.0 Å². The Morgan fingerprint density at radius 2 is 1.88 bits per heavy atom. The van der Waals surface area contributed by atoms with Gasteiger partial charge >= 0.3 is 0 Å². The maximum absolute atomic E-state index is 13.0. The normalized spacial score (nSPS) is 19.2. The molecule has 0 N–H and O–H groups in total. The van der Waals surface area contributed by atoms with Gasteiger partial charge in [-0.2, -0.15) is 4.31 Å². The molecule has 1 saturated heterocycles. The van der Waals surface area contributed by atoms with Crippen LogP contribution in [0, 0.1) is 6.92 Å². The van der Waals surface area contributed by atoms with Crippen molar-refractivity contribution in [2.75, 3.05) is 26.3 Å². The highest BCUT2D eigenvalue weighted by atomic mass is 32.2. The highest BCUT2D eigenvalue weighted by molar-refractivity contribution is 7.89. The van der Waals surface area contributed by atoms with Crippen molar-refractivity contribution in [1.82, 2.24) is 9.21 Å². The second-order valence-electron chi connectivity index (χ2n) is 7.03. The average Bonchev–Trinajstić information content (AvgIpc) is 3.40. The van der Waals surface area contributed by atoms with Crippen LogP contribution in [-0.2, 0) is 14.8 Å². The van der Waals surface area contributed by atoms with Crippen LogP contribution in [0.5, 0.6) is 0 Å². The molecule has 7 heteroatoms. The minimum absolute atomic E-state index is 0.0750. The van der Waals surface area contributed by atoms with Gasteiger partial charge in [0.1, 0.15) is 0 Å². The number of rotatable bonds is 5. The Hall–Kier alpha value is -1.44. The number of aryl methyl sites for hydroxylation is 1. The number of carbonyl (C=O) groups excluding carboxylic acids is 1. The first-order valence-corrected chi connectivity index (χ1v) is 10.3. The van der Waals surface area contributed by atoms with Crippen LogP contribution in [0.1, 0.15) is 42.6 Å². The third-order valence-electron chi connectivity index (χ3n) is 4.78. The summed E-state index contributed by atoms with van der Waals surface area (Å²) in [5, 5.41) is 0. The van der Waals surface area contributed by atoms with Gasteiger partial charge in [0.15, 0.2) is 0 Å². The standard InChI is InChI=1S/C18H26N2O4S/c1-13(2)20(15-5-6-15)18(21)17-12-16(7-4-14(17)3)25(22,23)19-8-10-24-11-9-19/h4,7,12-13,15H,5-6,8-11H2,1-3H3. The fourth-order valence-corrected chi connectivity index (χ4v) is 4.68. The van der Waals surface area contributed by atoms with E-state index in [-0.39, 0.29) is 22.9 Å². The molecule has 25 heavy (non-hydrogen) atoms. The van der Waals surface area contributed by atoms with E-state index in [1.807, 2.05) is 25.7 Å². The number of morpholine rings is 1. The molecule has 1 heterocycles. The molecule has 138 valence electrons. The number of carbonyl (C=O) groups is 1. The second kappa shape index (κ2) is 7.05. The van der Waals surface area contributed by atoms with Gasteiger partial charge in [0.2, 0.25) is 10.0 Å². The molecular formula is C18H26N2O4S. The Bertz CT molecular complexity index is 748. The Labute approximate surface area is 149 Å². The molecule has 0 spiro atoms. The quantitative estimate of drug-likeness (QED) is 0.800. The highest BCUT2D eigenvalue weighted by Crippen LogP contribution is 2.31. The van der Waals surface area contributed by atoms with Gasteiger partial charge in [-0.15, -0.1) is 0 Å². The molecule has 2 fully saturated rings. The Kier molecular flexibility index (Phi) is 5.18. The maximum atomic E-state index is 13.0. The lowest BCUT2D eigenvalue weighted by molar-refractivity contribution is 0.0688. The molecule has 3 rings (SSSR count). The van der Waals surface area contributed by atoms with Crippen molar-refractivity contribution in [2.45, 2.75) is 50.6 Å². The number of ether oxygens (including phenoxy) is 1. The first-order valence-electron chi connectivity index (χ1n) is 8.83. The molecule has 1 aromatic rings. The van der Waals surface area contributed by atoms with Crippen molar-refractivity contribution in [3.05, 3.63) is 29.3 Å². The van der Waals surface area contributed by atoms with Crippen molar-refractivity contribution in [2.24, 2.45) is 0 Å². The summed E-state index contributed by atoms with van der Waals surface area (Å²) >= 11 is 0. The van der Waals surface area contributed by atoms with E-state index in [0.717, 1.165) is 18.4 Å². The number of amides is 1. The highest BCUT2D eigenvalue weighted by Gasteiger charge is 2.36. The van der Waals surface area contributed by atoms with Crippen molar-refractivity contribution in [3.8, 4) is 0 Å². The Balaban J connectivity index is 1.93. The SMILES string of the molecule is Cc1ccc(S(=O)(=O)N2CCOCC2)cc1C(=O)N(C(C)C)C1CC1. The first-order chi connectivity index (χ1) is 11.8. The molecule has 1 amide bonds. The minimum atomic E-state index is -3.60. The van der Waals surface area contributed by atoms with Crippen LogP contribution >= 0.6 is 0 Å². The molecule has 1 aliphatic carbocycles. The number of benzene rings is 1. The Morgan fingerprint density at radius 3 is 2.44 bits per heavy atom. The average molecular weight is 366 g/mol. The van der Waals surface area contributed by atoms with Gasteiger partial charge in [0, 0.05) is 30.7 Å². The predicted octanol–water partition coefficient (Wildman–Crippen LogP) is 2.03. The minimum Gasteiger partial charge on any atom is -0.379 e. The van der Waals surface area contributed by atoms with Crippen molar-refractivity contribution in [1.29, 1.82) is 0 Å². The monoisotopic (exact) mass is 366 g/mol. The van der Waals surface area contributed by atoms with Crippen LogP contribution in [0.25, 0.3) is 0 Å². The fourth-order valence-electron chi connectivity index (χ4n) is 3.24. The maximum Gasteiger partial charge on any atom is 0.254 e.